The third-order valence-corrected chi connectivity index (χ3v) is 3.81. The second-order valence-electron chi connectivity index (χ2n) is 5.21. The quantitative estimate of drug-likeness (QED) is 0.573. The molecule has 2 heterocycles. The van der Waals surface area contributed by atoms with Gasteiger partial charge in [0.15, 0.2) is 0 Å². The Morgan fingerprint density at radius 3 is 2.83 bits per heavy atom. The van der Waals surface area contributed by atoms with Crippen LogP contribution in [0.4, 0.5) is 0 Å². The fraction of sp³-hybridized carbons (Fsp3) is 0.0588. The lowest BCUT2D eigenvalue weighted by Gasteiger charge is -2.03. The predicted molar refractivity (Wildman–Crippen MR) is 89.8 cm³/mol. The third-order valence-electron chi connectivity index (χ3n) is 3.58. The van der Waals surface area contributed by atoms with E-state index in [4.69, 9.17) is 16.0 Å². The molecule has 6 nitrogen and oxygen atoms in total. The molecule has 4 aromatic rings. The molecular formula is C17H11ClN4O2. The van der Waals surface area contributed by atoms with Gasteiger partial charge < -0.3 is 4.42 Å². The van der Waals surface area contributed by atoms with Crippen LogP contribution in [0.2, 0.25) is 5.02 Å². The Bertz CT molecular complexity index is 1090. The van der Waals surface area contributed by atoms with Crippen LogP contribution in [-0.2, 0) is 6.54 Å². The molecule has 0 unspecified atom stereocenters. The Hall–Kier alpha value is -2.99. The zero-order valence-electron chi connectivity index (χ0n) is 12.4. The second kappa shape index (κ2) is 5.90. The Labute approximate surface area is 141 Å². The lowest BCUT2D eigenvalue weighted by Crippen LogP contribution is -2.21. The second-order valence-corrected chi connectivity index (χ2v) is 5.64. The number of hydrogen-bond acceptors (Lipinski definition) is 5. The van der Waals surface area contributed by atoms with Crippen molar-refractivity contribution < 1.29 is 4.42 Å². The minimum Gasteiger partial charge on any atom is -0.419 e. The van der Waals surface area contributed by atoms with Crippen molar-refractivity contribution in [3.8, 4) is 11.5 Å². The maximum Gasteiger partial charge on any atom is 0.261 e. The van der Waals surface area contributed by atoms with E-state index in [0.717, 1.165) is 5.56 Å². The summed E-state index contributed by atoms with van der Waals surface area (Å²) in [5.74, 6) is 0.679. The molecular weight excluding hydrogens is 328 g/mol. The zero-order chi connectivity index (χ0) is 16.5. The molecule has 0 aliphatic heterocycles. The SMILES string of the molecule is O=c1c2ccccc2ncn1Cc1nnc(-c2cccc(Cl)c2)o1. The van der Waals surface area contributed by atoms with Crippen molar-refractivity contribution in [3.63, 3.8) is 0 Å². The Kier molecular flexibility index (Phi) is 3.59. The molecule has 4 rings (SSSR count). The van der Waals surface area contributed by atoms with E-state index < -0.39 is 0 Å². The van der Waals surface area contributed by atoms with Gasteiger partial charge in [0.05, 0.1) is 17.2 Å². The first kappa shape index (κ1) is 14.6. The highest BCUT2D eigenvalue weighted by molar-refractivity contribution is 6.30. The summed E-state index contributed by atoms with van der Waals surface area (Å²) >= 11 is 5.96. The Morgan fingerprint density at radius 2 is 1.96 bits per heavy atom. The molecule has 0 bridgehead atoms. The lowest BCUT2D eigenvalue weighted by atomic mass is 10.2. The molecule has 118 valence electrons. The number of nitrogens with zero attached hydrogens (tertiary/aromatic N) is 4. The molecule has 0 atom stereocenters. The molecule has 0 fully saturated rings. The van der Waals surface area contributed by atoms with E-state index in [1.807, 2.05) is 12.1 Å². The summed E-state index contributed by atoms with van der Waals surface area (Å²) in [6.07, 6.45) is 1.48. The first-order chi connectivity index (χ1) is 11.7. The van der Waals surface area contributed by atoms with Crippen molar-refractivity contribution in [1.29, 1.82) is 0 Å². The molecule has 2 aromatic heterocycles. The molecule has 7 heteroatoms. The van der Waals surface area contributed by atoms with Crippen molar-refractivity contribution in [2.75, 3.05) is 0 Å². The van der Waals surface area contributed by atoms with Crippen LogP contribution < -0.4 is 5.56 Å². The largest absolute Gasteiger partial charge is 0.419 e. The van der Waals surface area contributed by atoms with Gasteiger partial charge >= 0.3 is 0 Å². The molecule has 0 saturated heterocycles. The number of para-hydroxylation sites is 1. The van der Waals surface area contributed by atoms with Crippen LogP contribution in [-0.4, -0.2) is 19.7 Å². The summed E-state index contributed by atoms with van der Waals surface area (Å²) in [6, 6.07) is 14.3. The van der Waals surface area contributed by atoms with E-state index >= 15 is 0 Å². The predicted octanol–water partition coefficient (Wildman–Crippen LogP) is 3.15. The highest BCUT2D eigenvalue weighted by Gasteiger charge is 2.11. The highest BCUT2D eigenvalue weighted by atomic mass is 35.5. The topological polar surface area (TPSA) is 73.8 Å². The molecule has 0 amide bonds. The van der Waals surface area contributed by atoms with E-state index in [2.05, 4.69) is 15.2 Å². The van der Waals surface area contributed by atoms with Gasteiger partial charge in [-0.1, -0.05) is 29.8 Å². The van der Waals surface area contributed by atoms with Crippen molar-refractivity contribution >= 4 is 22.5 Å². The summed E-state index contributed by atoms with van der Waals surface area (Å²) in [7, 11) is 0. The van der Waals surface area contributed by atoms with Crippen LogP contribution in [0.15, 0.2) is 64.1 Å². The monoisotopic (exact) mass is 338 g/mol. The summed E-state index contributed by atoms with van der Waals surface area (Å²) in [4.78, 5) is 16.7. The molecule has 0 aliphatic carbocycles. The molecule has 0 spiro atoms. The molecule has 0 radical (unpaired) electrons. The number of halogens is 1. The van der Waals surface area contributed by atoms with Gasteiger partial charge in [-0.2, -0.15) is 0 Å². The molecule has 0 N–H and O–H groups in total. The van der Waals surface area contributed by atoms with Crippen molar-refractivity contribution in [3.05, 3.63) is 76.1 Å². The van der Waals surface area contributed by atoms with E-state index in [0.29, 0.717) is 27.7 Å². The maximum absolute atomic E-state index is 12.5. The van der Waals surface area contributed by atoms with Gasteiger partial charge in [0.25, 0.3) is 5.56 Å². The van der Waals surface area contributed by atoms with E-state index in [1.54, 1.807) is 36.4 Å². The summed E-state index contributed by atoms with van der Waals surface area (Å²) in [6.45, 7) is 0.157. The van der Waals surface area contributed by atoms with Crippen molar-refractivity contribution in [2.24, 2.45) is 0 Å². The number of rotatable bonds is 3. The fourth-order valence-corrected chi connectivity index (χ4v) is 2.61. The van der Waals surface area contributed by atoms with E-state index in [-0.39, 0.29) is 12.1 Å². The number of aromatic nitrogens is 4. The van der Waals surface area contributed by atoms with Crippen LogP contribution in [0.1, 0.15) is 5.89 Å². The highest BCUT2D eigenvalue weighted by Crippen LogP contribution is 2.21. The normalized spacial score (nSPS) is 11.0. The first-order valence-electron chi connectivity index (χ1n) is 7.23. The third kappa shape index (κ3) is 2.68. The summed E-state index contributed by atoms with van der Waals surface area (Å²) < 4.78 is 7.07. The van der Waals surface area contributed by atoms with Gasteiger partial charge in [-0.3, -0.25) is 9.36 Å². The first-order valence-corrected chi connectivity index (χ1v) is 7.61. The molecule has 24 heavy (non-hydrogen) atoms. The van der Waals surface area contributed by atoms with Crippen LogP contribution in [0.25, 0.3) is 22.4 Å². The zero-order valence-corrected chi connectivity index (χ0v) is 13.1. The van der Waals surface area contributed by atoms with Crippen LogP contribution in [0.3, 0.4) is 0 Å². The smallest absolute Gasteiger partial charge is 0.261 e. The minimum atomic E-state index is -0.150. The van der Waals surface area contributed by atoms with Crippen LogP contribution in [0.5, 0.6) is 0 Å². The van der Waals surface area contributed by atoms with Gasteiger partial charge in [-0.15, -0.1) is 10.2 Å². The molecule has 2 aromatic carbocycles. The average Bonchev–Trinajstić information content (AvgIpc) is 3.06. The van der Waals surface area contributed by atoms with Crippen molar-refractivity contribution in [2.45, 2.75) is 6.54 Å². The average molecular weight is 339 g/mol. The molecule has 0 saturated carbocycles. The van der Waals surface area contributed by atoms with Gasteiger partial charge in [-0.05, 0) is 30.3 Å². The Balaban J connectivity index is 1.67. The Morgan fingerprint density at radius 1 is 1.08 bits per heavy atom. The standard InChI is InChI=1S/C17H11ClN4O2/c18-12-5-3-4-11(8-12)16-21-20-15(24-16)9-22-10-19-14-7-2-1-6-13(14)17(22)23/h1-8,10H,9H2. The van der Waals surface area contributed by atoms with Gasteiger partial charge in [0.2, 0.25) is 11.8 Å². The minimum absolute atomic E-state index is 0.150. The molecule has 0 aliphatic rings. The number of benzene rings is 2. The number of hydrogen-bond donors (Lipinski definition) is 0. The lowest BCUT2D eigenvalue weighted by molar-refractivity contribution is 0.483. The van der Waals surface area contributed by atoms with Crippen molar-refractivity contribution in [1.82, 2.24) is 19.7 Å². The van der Waals surface area contributed by atoms with Gasteiger partial charge in [-0.25, -0.2) is 4.98 Å². The summed E-state index contributed by atoms with van der Waals surface area (Å²) in [5, 5.41) is 9.13. The van der Waals surface area contributed by atoms with Gasteiger partial charge in [0.1, 0.15) is 6.54 Å². The fourth-order valence-electron chi connectivity index (χ4n) is 2.42. The van der Waals surface area contributed by atoms with E-state index in [1.165, 1.54) is 10.9 Å². The van der Waals surface area contributed by atoms with Gasteiger partial charge in [0, 0.05) is 10.6 Å². The van der Waals surface area contributed by atoms with Crippen LogP contribution in [0, 0.1) is 0 Å². The summed E-state index contributed by atoms with van der Waals surface area (Å²) in [5.41, 5.74) is 1.23. The van der Waals surface area contributed by atoms with E-state index in [9.17, 15) is 4.79 Å². The maximum atomic E-state index is 12.5. The van der Waals surface area contributed by atoms with Crippen LogP contribution >= 0.6 is 11.6 Å². The number of fused-ring (bicyclic) bond motifs is 1.